The topological polar surface area (TPSA) is 26.5 Å². The van der Waals surface area contributed by atoms with E-state index in [1.807, 2.05) is 28.8 Å². The maximum Gasteiger partial charge on any atom is 0.138 e. The molecule has 1 fully saturated rings. The summed E-state index contributed by atoms with van der Waals surface area (Å²) in [5.74, 6) is 0.431. The van der Waals surface area contributed by atoms with Crippen LogP contribution in [0.4, 0.5) is 0 Å². The van der Waals surface area contributed by atoms with Gasteiger partial charge in [-0.3, -0.25) is 4.40 Å². The number of hydrogen-bond donors (Lipinski definition) is 0. The summed E-state index contributed by atoms with van der Waals surface area (Å²) in [6, 6.07) is 5.75. The van der Waals surface area contributed by atoms with Crippen molar-refractivity contribution >= 4 is 17.2 Å². The minimum atomic E-state index is 0.431. The summed E-state index contributed by atoms with van der Waals surface area (Å²) < 4.78 is 7.27. The van der Waals surface area contributed by atoms with Gasteiger partial charge in [-0.1, -0.05) is 17.7 Å². The molecular formula is C11H11ClN2O. The molecule has 0 aliphatic carbocycles. The van der Waals surface area contributed by atoms with E-state index in [1.54, 1.807) is 0 Å². The van der Waals surface area contributed by atoms with Crippen molar-refractivity contribution in [2.45, 2.75) is 12.3 Å². The van der Waals surface area contributed by atoms with E-state index in [0.717, 1.165) is 31.0 Å². The molecular weight excluding hydrogens is 212 g/mol. The molecule has 3 rings (SSSR count). The number of pyridine rings is 1. The van der Waals surface area contributed by atoms with E-state index in [4.69, 9.17) is 16.3 Å². The molecule has 0 aromatic carbocycles. The highest BCUT2D eigenvalue weighted by atomic mass is 35.5. The SMILES string of the molecule is Clc1cccc2nc(C3CCOC3)cn12. The van der Waals surface area contributed by atoms with Gasteiger partial charge in [-0.25, -0.2) is 4.98 Å². The Balaban J connectivity index is 2.09. The Morgan fingerprint density at radius 1 is 1.47 bits per heavy atom. The van der Waals surface area contributed by atoms with Crippen LogP contribution in [0.5, 0.6) is 0 Å². The summed E-state index contributed by atoms with van der Waals surface area (Å²) in [6.45, 7) is 1.62. The van der Waals surface area contributed by atoms with Crippen molar-refractivity contribution in [3.63, 3.8) is 0 Å². The lowest BCUT2D eigenvalue weighted by atomic mass is 10.1. The first-order valence-electron chi connectivity index (χ1n) is 5.06. The molecule has 2 aromatic heterocycles. The number of aromatic nitrogens is 2. The van der Waals surface area contributed by atoms with E-state index in [0.29, 0.717) is 11.1 Å². The van der Waals surface area contributed by atoms with E-state index >= 15 is 0 Å². The van der Waals surface area contributed by atoms with Crippen molar-refractivity contribution in [2.24, 2.45) is 0 Å². The lowest BCUT2D eigenvalue weighted by Gasteiger charge is -2.00. The summed E-state index contributed by atoms with van der Waals surface area (Å²) in [5, 5.41) is 0.699. The van der Waals surface area contributed by atoms with Crippen LogP contribution in [0.1, 0.15) is 18.0 Å². The van der Waals surface area contributed by atoms with Gasteiger partial charge >= 0.3 is 0 Å². The van der Waals surface area contributed by atoms with Crippen LogP contribution < -0.4 is 0 Å². The molecule has 3 heterocycles. The maximum absolute atomic E-state index is 6.07. The number of ether oxygens (including phenoxy) is 1. The zero-order valence-electron chi connectivity index (χ0n) is 8.19. The third-order valence-electron chi connectivity index (χ3n) is 2.81. The van der Waals surface area contributed by atoms with Gasteiger partial charge < -0.3 is 4.74 Å². The molecule has 1 aliphatic rings. The predicted octanol–water partition coefficient (Wildman–Crippen LogP) is 2.49. The van der Waals surface area contributed by atoms with E-state index in [9.17, 15) is 0 Å². The highest BCUT2D eigenvalue weighted by Gasteiger charge is 2.20. The first-order chi connectivity index (χ1) is 7.34. The Morgan fingerprint density at radius 3 is 3.13 bits per heavy atom. The molecule has 2 aromatic rings. The Hall–Kier alpha value is -1.06. The number of halogens is 1. The molecule has 0 N–H and O–H groups in total. The van der Waals surface area contributed by atoms with Gasteiger partial charge in [-0.2, -0.15) is 0 Å². The van der Waals surface area contributed by atoms with Crippen LogP contribution in [-0.4, -0.2) is 22.6 Å². The van der Waals surface area contributed by atoms with E-state index in [-0.39, 0.29) is 0 Å². The highest BCUT2D eigenvalue weighted by molar-refractivity contribution is 6.29. The maximum atomic E-state index is 6.07. The summed E-state index contributed by atoms with van der Waals surface area (Å²) in [5.41, 5.74) is 1.99. The molecule has 15 heavy (non-hydrogen) atoms. The molecule has 1 atom stereocenters. The van der Waals surface area contributed by atoms with Crippen molar-refractivity contribution in [1.29, 1.82) is 0 Å². The number of nitrogens with zero attached hydrogens (tertiary/aromatic N) is 2. The second-order valence-electron chi connectivity index (χ2n) is 3.80. The molecule has 1 saturated heterocycles. The monoisotopic (exact) mass is 222 g/mol. The molecule has 0 spiro atoms. The van der Waals surface area contributed by atoms with Gasteiger partial charge in [0.25, 0.3) is 0 Å². The lowest BCUT2D eigenvalue weighted by molar-refractivity contribution is 0.193. The second-order valence-corrected chi connectivity index (χ2v) is 4.19. The number of fused-ring (bicyclic) bond motifs is 1. The van der Waals surface area contributed by atoms with Crippen LogP contribution in [-0.2, 0) is 4.74 Å². The van der Waals surface area contributed by atoms with Crippen LogP contribution in [0.25, 0.3) is 5.65 Å². The number of imidazole rings is 1. The standard InChI is InChI=1S/C11H11ClN2O/c12-10-2-1-3-11-13-9(6-14(10)11)8-4-5-15-7-8/h1-3,6,8H,4-5,7H2. The van der Waals surface area contributed by atoms with E-state index < -0.39 is 0 Å². The molecule has 1 aliphatic heterocycles. The van der Waals surface area contributed by atoms with Gasteiger partial charge in [0.15, 0.2) is 0 Å². The average Bonchev–Trinajstić information content (AvgIpc) is 2.86. The summed E-state index contributed by atoms with van der Waals surface area (Å²) in [6.07, 6.45) is 3.07. The largest absolute Gasteiger partial charge is 0.381 e. The third-order valence-corrected chi connectivity index (χ3v) is 3.12. The van der Waals surface area contributed by atoms with Gasteiger partial charge in [0.1, 0.15) is 10.8 Å². The molecule has 0 saturated carbocycles. The van der Waals surface area contributed by atoms with Gasteiger partial charge in [0.05, 0.1) is 12.3 Å². The normalized spacial score (nSPS) is 21.3. The number of rotatable bonds is 1. The molecule has 0 radical (unpaired) electrons. The zero-order chi connectivity index (χ0) is 10.3. The van der Waals surface area contributed by atoms with Gasteiger partial charge in [0.2, 0.25) is 0 Å². The Bertz CT molecular complexity index is 488. The molecule has 0 bridgehead atoms. The fourth-order valence-corrected chi connectivity index (χ4v) is 2.17. The molecule has 0 amide bonds. The molecule has 1 unspecified atom stereocenters. The van der Waals surface area contributed by atoms with Crippen LogP contribution >= 0.6 is 11.6 Å². The van der Waals surface area contributed by atoms with Crippen molar-refractivity contribution in [2.75, 3.05) is 13.2 Å². The minimum absolute atomic E-state index is 0.431. The van der Waals surface area contributed by atoms with Crippen LogP contribution in [0.2, 0.25) is 5.15 Å². The van der Waals surface area contributed by atoms with Crippen molar-refractivity contribution < 1.29 is 4.74 Å². The van der Waals surface area contributed by atoms with Gasteiger partial charge in [-0.15, -0.1) is 0 Å². The first kappa shape index (κ1) is 9.19. The Morgan fingerprint density at radius 2 is 2.40 bits per heavy atom. The third kappa shape index (κ3) is 1.52. The second kappa shape index (κ2) is 3.51. The fourth-order valence-electron chi connectivity index (χ4n) is 1.96. The van der Waals surface area contributed by atoms with Crippen molar-refractivity contribution in [3.05, 3.63) is 35.2 Å². The quantitative estimate of drug-likeness (QED) is 0.693. The van der Waals surface area contributed by atoms with Crippen LogP contribution in [0.3, 0.4) is 0 Å². The molecule has 3 nitrogen and oxygen atoms in total. The van der Waals surface area contributed by atoms with E-state index in [1.165, 1.54) is 0 Å². The average molecular weight is 223 g/mol. The summed E-state index contributed by atoms with van der Waals surface area (Å²) >= 11 is 6.07. The lowest BCUT2D eigenvalue weighted by Crippen LogP contribution is -1.96. The fraction of sp³-hybridized carbons (Fsp3) is 0.364. The number of hydrogen-bond acceptors (Lipinski definition) is 2. The van der Waals surface area contributed by atoms with E-state index in [2.05, 4.69) is 4.98 Å². The van der Waals surface area contributed by atoms with Gasteiger partial charge in [-0.05, 0) is 18.6 Å². The Labute approximate surface area is 92.6 Å². The van der Waals surface area contributed by atoms with Gasteiger partial charge in [0, 0.05) is 18.7 Å². The molecule has 78 valence electrons. The predicted molar refractivity (Wildman–Crippen MR) is 58.4 cm³/mol. The first-order valence-corrected chi connectivity index (χ1v) is 5.43. The smallest absolute Gasteiger partial charge is 0.138 e. The van der Waals surface area contributed by atoms with Crippen molar-refractivity contribution in [1.82, 2.24) is 9.38 Å². The zero-order valence-corrected chi connectivity index (χ0v) is 8.94. The summed E-state index contributed by atoms with van der Waals surface area (Å²) in [4.78, 5) is 4.55. The van der Waals surface area contributed by atoms with Crippen LogP contribution in [0.15, 0.2) is 24.4 Å². The minimum Gasteiger partial charge on any atom is -0.381 e. The van der Waals surface area contributed by atoms with Crippen molar-refractivity contribution in [3.8, 4) is 0 Å². The molecule has 4 heteroatoms. The Kier molecular flexibility index (Phi) is 2.15. The van der Waals surface area contributed by atoms with Crippen LogP contribution in [0, 0.1) is 0 Å². The highest BCUT2D eigenvalue weighted by Crippen LogP contribution is 2.25. The summed E-state index contributed by atoms with van der Waals surface area (Å²) in [7, 11) is 0.